The van der Waals surface area contributed by atoms with Crippen LogP contribution >= 0.6 is 0 Å². The van der Waals surface area contributed by atoms with Gasteiger partial charge in [-0.15, -0.1) is 0 Å². The summed E-state index contributed by atoms with van der Waals surface area (Å²) in [5.41, 5.74) is 0.501. The quantitative estimate of drug-likeness (QED) is 0.684. The van der Waals surface area contributed by atoms with Gasteiger partial charge < -0.3 is 10.1 Å². The lowest BCUT2D eigenvalue weighted by Crippen LogP contribution is -2.61. The highest BCUT2D eigenvalue weighted by Crippen LogP contribution is 2.47. The maximum Gasteiger partial charge on any atom is 0.0821 e. The van der Waals surface area contributed by atoms with Crippen LogP contribution in [0.5, 0.6) is 0 Å². The third-order valence-corrected chi connectivity index (χ3v) is 3.91. The predicted molar refractivity (Wildman–Crippen MR) is 67.6 cm³/mol. The summed E-state index contributed by atoms with van der Waals surface area (Å²) in [7, 11) is 0. The Balaban J connectivity index is 2.17. The number of nitrogens with one attached hydrogen (secondary N) is 1. The van der Waals surface area contributed by atoms with E-state index in [1.165, 1.54) is 19.3 Å². The van der Waals surface area contributed by atoms with Crippen LogP contribution in [0.25, 0.3) is 0 Å². The Kier molecular flexibility index (Phi) is 2.87. The van der Waals surface area contributed by atoms with Gasteiger partial charge in [0.25, 0.3) is 0 Å². The van der Waals surface area contributed by atoms with Gasteiger partial charge in [-0.2, -0.15) is 0 Å². The van der Waals surface area contributed by atoms with Crippen LogP contribution in [-0.2, 0) is 4.74 Å². The van der Waals surface area contributed by atoms with Gasteiger partial charge in [0.05, 0.1) is 11.2 Å². The second-order valence-corrected chi connectivity index (χ2v) is 7.50. The topological polar surface area (TPSA) is 21.3 Å². The molecular formula is C14H27NO. The third-order valence-electron chi connectivity index (χ3n) is 3.91. The summed E-state index contributed by atoms with van der Waals surface area (Å²) >= 11 is 0. The minimum absolute atomic E-state index is 0.00854. The molecule has 2 nitrogen and oxygen atoms in total. The first-order valence-corrected chi connectivity index (χ1v) is 6.63. The predicted octanol–water partition coefficient (Wildman–Crippen LogP) is 2.97. The van der Waals surface area contributed by atoms with Crippen molar-refractivity contribution in [1.29, 1.82) is 0 Å². The Labute approximate surface area is 100 Å². The van der Waals surface area contributed by atoms with Gasteiger partial charge in [-0.25, -0.2) is 0 Å². The molecule has 1 spiro atoms. The average molecular weight is 225 g/mol. The van der Waals surface area contributed by atoms with Crippen molar-refractivity contribution in [3.63, 3.8) is 0 Å². The van der Waals surface area contributed by atoms with Crippen LogP contribution < -0.4 is 5.32 Å². The fourth-order valence-electron chi connectivity index (χ4n) is 4.13. The maximum absolute atomic E-state index is 6.45. The lowest BCUT2D eigenvalue weighted by molar-refractivity contribution is -0.197. The number of rotatable bonds is 0. The van der Waals surface area contributed by atoms with Crippen molar-refractivity contribution >= 4 is 0 Å². The van der Waals surface area contributed by atoms with E-state index in [1.54, 1.807) is 0 Å². The summed E-state index contributed by atoms with van der Waals surface area (Å²) in [6.45, 7) is 13.5. The van der Waals surface area contributed by atoms with Crippen LogP contribution in [-0.4, -0.2) is 24.3 Å². The molecule has 2 heteroatoms. The monoisotopic (exact) mass is 225 g/mol. The van der Waals surface area contributed by atoms with Gasteiger partial charge in [-0.3, -0.25) is 0 Å². The first-order chi connectivity index (χ1) is 7.22. The zero-order valence-corrected chi connectivity index (χ0v) is 11.5. The standard InChI is InChI=1S/C14H27NO/c1-11-6-12(2,3)8-14(7-11)10-15-9-13(4,5)16-14/h11,15H,6-10H2,1-5H3. The minimum atomic E-state index is -0.00854. The molecule has 0 amide bonds. The molecule has 0 radical (unpaired) electrons. The molecule has 94 valence electrons. The van der Waals surface area contributed by atoms with E-state index >= 15 is 0 Å². The van der Waals surface area contributed by atoms with Crippen molar-refractivity contribution in [3.05, 3.63) is 0 Å². The first-order valence-electron chi connectivity index (χ1n) is 6.63. The summed E-state index contributed by atoms with van der Waals surface area (Å²) in [4.78, 5) is 0. The molecule has 1 aliphatic heterocycles. The summed E-state index contributed by atoms with van der Waals surface area (Å²) in [5.74, 6) is 0.777. The Morgan fingerprint density at radius 1 is 1.06 bits per heavy atom. The molecule has 2 aliphatic rings. The van der Waals surface area contributed by atoms with Crippen molar-refractivity contribution in [2.75, 3.05) is 13.1 Å². The van der Waals surface area contributed by atoms with E-state index in [4.69, 9.17) is 4.74 Å². The molecule has 1 saturated heterocycles. The number of hydrogen-bond acceptors (Lipinski definition) is 2. The molecule has 2 fully saturated rings. The van der Waals surface area contributed by atoms with Crippen LogP contribution in [0.1, 0.15) is 53.9 Å². The van der Waals surface area contributed by atoms with Crippen molar-refractivity contribution in [2.45, 2.75) is 65.1 Å². The molecule has 1 N–H and O–H groups in total. The van der Waals surface area contributed by atoms with Crippen molar-refractivity contribution in [3.8, 4) is 0 Å². The largest absolute Gasteiger partial charge is 0.366 e. The SMILES string of the molecule is CC1CC(C)(C)CC2(CNCC(C)(C)O2)C1. The van der Waals surface area contributed by atoms with Crippen molar-refractivity contribution in [1.82, 2.24) is 5.32 Å². The average Bonchev–Trinajstić information content (AvgIpc) is 1.94. The smallest absolute Gasteiger partial charge is 0.0821 e. The number of hydrogen-bond donors (Lipinski definition) is 1. The van der Waals surface area contributed by atoms with Gasteiger partial charge in [-0.1, -0.05) is 20.8 Å². The normalized spacial score (nSPS) is 42.2. The molecule has 1 heterocycles. The maximum atomic E-state index is 6.45. The summed E-state index contributed by atoms with van der Waals surface area (Å²) < 4.78 is 6.45. The van der Waals surface area contributed by atoms with Gasteiger partial charge >= 0.3 is 0 Å². The number of morpholine rings is 1. The lowest BCUT2D eigenvalue weighted by Gasteiger charge is -2.53. The van der Waals surface area contributed by atoms with Crippen LogP contribution in [0.4, 0.5) is 0 Å². The Bertz CT molecular complexity index is 268. The molecular weight excluding hydrogens is 198 g/mol. The molecule has 2 atom stereocenters. The summed E-state index contributed by atoms with van der Waals surface area (Å²) in [6.07, 6.45) is 3.74. The molecule has 0 aromatic carbocycles. The minimum Gasteiger partial charge on any atom is -0.366 e. The highest BCUT2D eigenvalue weighted by molar-refractivity contribution is 5.00. The van der Waals surface area contributed by atoms with E-state index in [0.717, 1.165) is 19.0 Å². The molecule has 1 aliphatic carbocycles. The Morgan fingerprint density at radius 3 is 2.31 bits per heavy atom. The van der Waals surface area contributed by atoms with Crippen molar-refractivity contribution in [2.24, 2.45) is 11.3 Å². The molecule has 2 rings (SSSR count). The van der Waals surface area contributed by atoms with E-state index in [9.17, 15) is 0 Å². The van der Waals surface area contributed by atoms with E-state index in [1.807, 2.05) is 0 Å². The highest BCUT2D eigenvalue weighted by Gasteiger charge is 2.48. The van der Waals surface area contributed by atoms with Crippen LogP contribution in [0.3, 0.4) is 0 Å². The van der Waals surface area contributed by atoms with Crippen LogP contribution in [0.15, 0.2) is 0 Å². The summed E-state index contributed by atoms with van der Waals surface area (Å²) in [6, 6.07) is 0. The highest BCUT2D eigenvalue weighted by atomic mass is 16.5. The van der Waals surface area contributed by atoms with Gasteiger partial charge in [0.15, 0.2) is 0 Å². The van der Waals surface area contributed by atoms with Gasteiger partial charge in [-0.05, 0) is 44.4 Å². The molecule has 0 bridgehead atoms. The zero-order chi connectivity index (χ0) is 12.0. The third kappa shape index (κ3) is 2.60. The van der Waals surface area contributed by atoms with Gasteiger partial charge in [0.1, 0.15) is 0 Å². The molecule has 0 aromatic rings. The van der Waals surface area contributed by atoms with E-state index in [2.05, 4.69) is 39.9 Å². The molecule has 0 aromatic heterocycles. The van der Waals surface area contributed by atoms with E-state index in [0.29, 0.717) is 5.41 Å². The fourth-order valence-corrected chi connectivity index (χ4v) is 4.13. The van der Waals surface area contributed by atoms with Crippen LogP contribution in [0.2, 0.25) is 0 Å². The second-order valence-electron chi connectivity index (χ2n) is 7.50. The Morgan fingerprint density at radius 2 is 1.75 bits per heavy atom. The second kappa shape index (κ2) is 3.71. The van der Waals surface area contributed by atoms with Crippen molar-refractivity contribution < 1.29 is 4.74 Å². The van der Waals surface area contributed by atoms with Crippen LogP contribution in [0, 0.1) is 11.3 Å². The first kappa shape index (κ1) is 12.4. The van der Waals surface area contributed by atoms with E-state index < -0.39 is 0 Å². The zero-order valence-electron chi connectivity index (χ0n) is 11.5. The fraction of sp³-hybridized carbons (Fsp3) is 1.00. The molecule has 2 unspecified atom stereocenters. The van der Waals surface area contributed by atoms with Gasteiger partial charge in [0, 0.05) is 13.1 Å². The van der Waals surface area contributed by atoms with E-state index in [-0.39, 0.29) is 11.2 Å². The molecule has 16 heavy (non-hydrogen) atoms. The Hall–Kier alpha value is -0.0800. The lowest BCUT2D eigenvalue weighted by atomic mass is 9.65. The number of ether oxygens (including phenoxy) is 1. The van der Waals surface area contributed by atoms with Gasteiger partial charge in [0.2, 0.25) is 0 Å². The summed E-state index contributed by atoms with van der Waals surface area (Å²) in [5, 5.41) is 3.57. The molecule has 1 saturated carbocycles.